The van der Waals surface area contributed by atoms with Crippen LogP contribution in [0.4, 0.5) is 27.6 Å². The number of pyridine rings is 2. The number of halogens is 5. The summed E-state index contributed by atoms with van der Waals surface area (Å²) in [4.78, 5) is 43.7. The van der Waals surface area contributed by atoms with E-state index in [9.17, 15) is 41.4 Å². The van der Waals surface area contributed by atoms with Gasteiger partial charge in [-0.15, -0.1) is 0 Å². The number of aryl methyl sites for hydroxylation is 1. The smallest absolute Gasteiger partial charge is 0.417 e. The molecule has 2 aromatic heterocycles. The van der Waals surface area contributed by atoms with Gasteiger partial charge < -0.3 is 24.6 Å². The topological polar surface area (TPSA) is 114 Å². The molecule has 0 bridgehead atoms. The third-order valence-electron chi connectivity index (χ3n) is 7.36. The van der Waals surface area contributed by atoms with Gasteiger partial charge in [0, 0.05) is 50.0 Å². The summed E-state index contributed by atoms with van der Waals surface area (Å²) in [5.74, 6) is -5.18. The summed E-state index contributed by atoms with van der Waals surface area (Å²) in [5.41, 5.74) is -3.56. The summed E-state index contributed by atoms with van der Waals surface area (Å²) in [6, 6.07) is 6.85. The van der Waals surface area contributed by atoms with Crippen molar-refractivity contribution in [3.05, 3.63) is 93.5 Å². The fraction of sp³-hybridized carbons (Fsp3) is 0.267. The highest BCUT2D eigenvalue weighted by Gasteiger charge is 2.36. The molecule has 9 nitrogen and oxygen atoms in total. The molecule has 0 radical (unpaired) electrons. The number of hydrogen-bond acceptors (Lipinski definition) is 6. The van der Waals surface area contributed by atoms with Crippen molar-refractivity contribution < 1.29 is 41.4 Å². The third kappa shape index (κ3) is 5.97. The lowest BCUT2D eigenvalue weighted by molar-refractivity contribution is -0.139. The Morgan fingerprint density at radius 2 is 1.75 bits per heavy atom. The number of anilines is 1. The van der Waals surface area contributed by atoms with Crippen molar-refractivity contribution in [1.82, 2.24) is 14.9 Å². The molecule has 5 rings (SSSR count). The first-order chi connectivity index (χ1) is 20.9. The van der Waals surface area contributed by atoms with Crippen LogP contribution in [-0.4, -0.2) is 58.9 Å². The van der Waals surface area contributed by atoms with E-state index >= 15 is 0 Å². The van der Waals surface area contributed by atoms with Gasteiger partial charge >= 0.3 is 12.1 Å². The molecule has 44 heavy (non-hydrogen) atoms. The lowest BCUT2D eigenvalue weighted by atomic mass is 9.95. The number of aliphatic carboxylic acids is 1. The molecule has 1 aliphatic heterocycles. The number of morpholine rings is 1. The van der Waals surface area contributed by atoms with Crippen molar-refractivity contribution in [1.29, 1.82) is 0 Å². The van der Waals surface area contributed by atoms with Crippen LogP contribution in [-0.2, 0) is 29.2 Å². The van der Waals surface area contributed by atoms with Crippen LogP contribution in [0.2, 0.25) is 0 Å². The van der Waals surface area contributed by atoms with Gasteiger partial charge in [0.1, 0.15) is 23.2 Å². The quantitative estimate of drug-likeness (QED) is 0.300. The normalized spacial score (nSPS) is 14.5. The van der Waals surface area contributed by atoms with Crippen LogP contribution in [0.1, 0.15) is 21.5 Å². The molecule has 230 valence electrons. The first-order valence-corrected chi connectivity index (χ1v) is 13.4. The average Bonchev–Trinajstić information content (AvgIpc) is 2.97. The lowest BCUT2D eigenvalue weighted by Gasteiger charge is -2.29. The minimum Gasteiger partial charge on any atom is -0.480 e. The van der Waals surface area contributed by atoms with Gasteiger partial charge in [0.25, 0.3) is 11.5 Å². The molecule has 2 aromatic carbocycles. The SMILES string of the molecule is Cn1ccc(C(F)(F)F)c(-c2nccc3c(C[C@H](NC(=O)c4c(F)cc(N5CCOCC5)cc4F)C(=O)O)cccc23)c1=O. The number of nitrogens with one attached hydrogen (secondary N) is 1. The predicted molar refractivity (Wildman–Crippen MR) is 149 cm³/mol. The second-order valence-corrected chi connectivity index (χ2v) is 10.1. The summed E-state index contributed by atoms with van der Waals surface area (Å²) < 4.78 is 77.8. The number of rotatable bonds is 7. The molecule has 0 spiro atoms. The summed E-state index contributed by atoms with van der Waals surface area (Å²) in [5, 5.41) is 12.4. The highest BCUT2D eigenvalue weighted by atomic mass is 19.4. The van der Waals surface area contributed by atoms with Crippen LogP contribution in [0.3, 0.4) is 0 Å². The van der Waals surface area contributed by atoms with E-state index in [1.54, 1.807) is 4.90 Å². The Balaban J connectivity index is 1.48. The zero-order valence-corrected chi connectivity index (χ0v) is 23.1. The number of carbonyl (C=O) groups excluding carboxylic acids is 1. The Hall–Kier alpha value is -4.85. The molecule has 2 N–H and O–H groups in total. The van der Waals surface area contributed by atoms with Crippen LogP contribution in [0.25, 0.3) is 22.0 Å². The second kappa shape index (κ2) is 12.0. The van der Waals surface area contributed by atoms with Gasteiger partial charge in [0.2, 0.25) is 0 Å². The lowest BCUT2D eigenvalue weighted by Crippen LogP contribution is -2.43. The summed E-state index contributed by atoms with van der Waals surface area (Å²) in [7, 11) is 1.30. The Kier molecular flexibility index (Phi) is 8.37. The number of nitrogens with zero attached hydrogens (tertiary/aromatic N) is 3. The Morgan fingerprint density at radius 3 is 2.39 bits per heavy atom. The van der Waals surface area contributed by atoms with E-state index in [1.165, 1.54) is 37.5 Å². The number of hydrogen-bond donors (Lipinski definition) is 2. The van der Waals surface area contributed by atoms with Gasteiger partial charge in [-0.05, 0) is 35.2 Å². The summed E-state index contributed by atoms with van der Waals surface area (Å²) in [6.45, 7) is 1.51. The molecular weight excluding hydrogens is 591 g/mol. The van der Waals surface area contributed by atoms with E-state index in [4.69, 9.17) is 4.74 Å². The molecule has 1 aliphatic rings. The number of amides is 1. The maximum atomic E-state index is 15.0. The highest BCUT2D eigenvalue weighted by molar-refractivity contribution is 5.99. The Bertz CT molecular complexity index is 1800. The predicted octanol–water partition coefficient (Wildman–Crippen LogP) is 4.16. The van der Waals surface area contributed by atoms with Crippen LogP contribution >= 0.6 is 0 Å². The van der Waals surface area contributed by atoms with Crippen LogP contribution in [0.5, 0.6) is 0 Å². The minimum atomic E-state index is -4.87. The van der Waals surface area contributed by atoms with Crippen molar-refractivity contribution in [2.45, 2.75) is 18.6 Å². The number of alkyl halides is 3. The summed E-state index contributed by atoms with van der Waals surface area (Å²) in [6.07, 6.45) is -3.10. The largest absolute Gasteiger partial charge is 0.480 e. The fourth-order valence-corrected chi connectivity index (χ4v) is 5.17. The molecule has 3 heterocycles. The summed E-state index contributed by atoms with van der Waals surface area (Å²) >= 11 is 0. The molecule has 0 aliphatic carbocycles. The number of ether oxygens (including phenoxy) is 1. The number of carbonyl (C=O) groups is 2. The molecule has 14 heteroatoms. The van der Waals surface area contributed by atoms with E-state index in [2.05, 4.69) is 10.3 Å². The van der Waals surface area contributed by atoms with Crippen LogP contribution < -0.4 is 15.8 Å². The number of fused-ring (bicyclic) bond motifs is 1. The number of carboxylic acid groups (broad SMARTS) is 1. The maximum Gasteiger partial charge on any atom is 0.417 e. The molecular formula is C30H25F5N4O5. The van der Waals surface area contributed by atoms with Crippen molar-refractivity contribution in [3.63, 3.8) is 0 Å². The molecule has 1 atom stereocenters. The molecule has 0 saturated carbocycles. The maximum absolute atomic E-state index is 15.0. The molecule has 0 unspecified atom stereocenters. The van der Waals surface area contributed by atoms with E-state index in [-0.39, 0.29) is 27.7 Å². The van der Waals surface area contributed by atoms with E-state index in [0.29, 0.717) is 26.3 Å². The first kappa shape index (κ1) is 30.6. The molecule has 4 aromatic rings. The fourth-order valence-electron chi connectivity index (χ4n) is 5.17. The van der Waals surface area contributed by atoms with Crippen LogP contribution in [0.15, 0.2) is 59.7 Å². The monoisotopic (exact) mass is 616 g/mol. The van der Waals surface area contributed by atoms with Crippen molar-refractivity contribution in [2.75, 3.05) is 31.2 Å². The van der Waals surface area contributed by atoms with Gasteiger partial charge in [0.15, 0.2) is 0 Å². The van der Waals surface area contributed by atoms with Gasteiger partial charge in [-0.1, -0.05) is 18.2 Å². The second-order valence-electron chi connectivity index (χ2n) is 10.1. The van der Waals surface area contributed by atoms with Gasteiger partial charge in [-0.3, -0.25) is 14.6 Å². The van der Waals surface area contributed by atoms with Gasteiger partial charge in [-0.25, -0.2) is 13.6 Å². The van der Waals surface area contributed by atoms with Gasteiger partial charge in [0.05, 0.1) is 30.0 Å². The zero-order chi connectivity index (χ0) is 31.8. The number of carboxylic acids is 1. The van der Waals surface area contributed by atoms with E-state index in [1.807, 2.05) is 0 Å². The minimum absolute atomic E-state index is 0.130. The van der Waals surface area contributed by atoms with Gasteiger partial charge in [-0.2, -0.15) is 13.2 Å². The van der Waals surface area contributed by atoms with Crippen LogP contribution in [0, 0.1) is 11.6 Å². The molecule has 1 fully saturated rings. The number of benzene rings is 2. The molecule has 1 saturated heterocycles. The average molecular weight is 617 g/mol. The zero-order valence-electron chi connectivity index (χ0n) is 23.1. The van der Waals surface area contributed by atoms with Crippen molar-refractivity contribution in [2.24, 2.45) is 7.05 Å². The standard InChI is InChI=1S/C30H25F5N4O5/c1-38-8-6-20(30(33,34)35)24(28(38)41)26-19-4-2-3-16(18(19)5-7-36-26)13-23(29(42)43)37-27(40)25-21(31)14-17(15-22(25)32)39-9-11-44-12-10-39/h2-8,14-15,23H,9-13H2,1H3,(H,37,40)(H,42,43)/t23-/m0/s1. The third-order valence-corrected chi connectivity index (χ3v) is 7.36. The highest BCUT2D eigenvalue weighted by Crippen LogP contribution is 2.37. The molecule has 1 amide bonds. The van der Waals surface area contributed by atoms with Crippen molar-refractivity contribution in [3.8, 4) is 11.3 Å². The number of aromatic nitrogens is 2. The van der Waals surface area contributed by atoms with E-state index in [0.717, 1.165) is 29.0 Å². The van der Waals surface area contributed by atoms with Crippen molar-refractivity contribution >= 4 is 28.3 Å². The Labute approximate surface area is 246 Å². The Morgan fingerprint density at radius 1 is 1.07 bits per heavy atom. The van der Waals surface area contributed by atoms with E-state index < -0.39 is 64.4 Å². The first-order valence-electron chi connectivity index (χ1n) is 13.4.